The van der Waals surface area contributed by atoms with Gasteiger partial charge in [0.1, 0.15) is 0 Å². The van der Waals surface area contributed by atoms with Crippen LogP contribution in [0.3, 0.4) is 0 Å². The monoisotopic (exact) mass is 388 g/mol. The molecule has 1 saturated heterocycles. The number of halogens is 1. The minimum atomic E-state index is 0.249. The van der Waals surface area contributed by atoms with E-state index in [0.717, 1.165) is 30.3 Å². The molecule has 2 aromatic rings. The van der Waals surface area contributed by atoms with Crippen LogP contribution < -0.4 is 5.73 Å². The maximum Gasteiger partial charge on any atom is 0.222 e. The van der Waals surface area contributed by atoms with Crippen LogP contribution in [-0.2, 0) is 4.79 Å². The molecular formula is C21H25ClN2OS. The molecule has 138 valence electrons. The molecule has 1 heterocycles. The van der Waals surface area contributed by atoms with E-state index in [1.54, 1.807) is 11.8 Å². The number of nitrogens with zero attached hydrogens (tertiary/aromatic N) is 1. The van der Waals surface area contributed by atoms with E-state index in [9.17, 15) is 4.79 Å². The van der Waals surface area contributed by atoms with Crippen molar-refractivity contribution in [3.05, 3.63) is 65.2 Å². The van der Waals surface area contributed by atoms with Crippen LogP contribution in [0.5, 0.6) is 0 Å². The highest BCUT2D eigenvalue weighted by Gasteiger charge is 2.34. The van der Waals surface area contributed by atoms with Crippen molar-refractivity contribution in [3.8, 4) is 0 Å². The highest BCUT2D eigenvalue weighted by atomic mass is 35.5. The maximum atomic E-state index is 12.6. The first kappa shape index (κ1) is 19.3. The third kappa shape index (κ3) is 5.03. The van der Waals surface area contributed by atoms with E-state index in [2.05, 4.69) is 24.3 Å². The van der Waals surface area contributed by atoms with Gasteiger partial charge in [0.25, 0.3) is 0 Å². The lowest BCUT2D eigenvalue weighted by atomic mass is 9.89. The molecule has 2 atom stereocenters. The summed E-state index contributed by atoms with van der Waals surface area (Å²) in [5.74, 6) is 1.89. The van der Waals surface area contributed by atoms with Gasteiger partial charge in [0, 0.05) is 35.3 Å². The van der Waals surface area contributed by atoms with E-state index in [4.69, 9.17) is 17.3 Å². The SMILES string of the molecule is NC[C@@H]1CN(C(=O)CCCSc2ccc(Cl)cc2)C[C@H]1c1ccccc1. The molecule has 26 heavy (non-hydrogen) atoms. The summed E-state index contributed by atoms with van der Waals surface area (Å²) < 4.78 is 0. The summed E-state index contributed by atoms with van der Waals surface area (Å²) in [6.45, 7) is 2.18. The Morgan fingerprint density at radius 3 is 2.54 bits per heavy atom. The number of likely N-dealkylation sites (tertiary alicyclic amines) is 1. The van der Waals surface area contributed by atoms with Gasteiger partial charge in [0.2, 0.25) is 5.91 Å². The fourth-order valence-corrected chi connectivity index (χ4v) is 4.47. The average Bonchev–Trinajstić information content (AvgIpc) is 3.12. The van der Waals surface area contributed by atoms with Crippen LogP contribution >= 0.6 is 23.4 Å². The first-order valence-corrected chi connectivity index (χ1v) is 10.4. The van der Waals surface area contributed by atoms with Gasteiger partial charge in [-0.25, -0.2) is 0 Å². The van der Waals surface area contributed by atoms with Crippen molar-refractivity contribution in [1.29, 1.82) is 0 Å². The standard InChI is InChI=1S/C21H25ClN2OS/c22-18-8-10-19(11-9-18)26-12-4-7-21(25)24-14-17(13-23)20(15-24)16-5-2-1-3-6-16/h1-3,5-6,8-11,17,20H,4,7,12-15,23H2/t17-,20+/m1/s1. The summed E-state index contributed by atoms with van der Waals surface area (Å²) in [6.07, 6.45) is 1.48. The molecule has 5 heteroatoms. The van der Waals surface area contributed by atoms with E-state index in [1.807, 2.05) is 35.2 Å². The Morgan fingerprint density at radius 1 is 1.12 bits per heavy atom. The third-order valence-electron chi connectivity index (χ3n) is 4.94. The summed E-state index contributed by atoms with van der Waals surface area (Å²) in [5, 5.41) is 0.751. The van der Waals surface area contributed by atoms with Crippen LogP contribution in [-0.4, -0.2) is 36.2 Å². The Labute approximate surface area is 164 Å². The van der Waals surface area contributed by atoms with E-state index >= 15 is 0 Å². The first-order chi connectivity index (χ1) is 12.7. The van der Waals surface area contributed by atoms with Gasteiger partial charge in [-0.1, -0.05) is 41.9 Å². The van der Waals surface area contributed by atoms with Crippen molar-refractivity contribution in [2.24, 2.45) is 11.7 Å². The number of carbonyl (C=O) groups excluding carboxylic acids is 1. The molecule has 2 N–H and O–H groups in total. The minimum Gasteiger partial charge on any atom is -0.342 e. The second-order valence-corrected chi connectivity index (χ2v) is 8.32. The topological polar surface area (TPSA) is 46.3 Å². The number of thioether (sulfide) groups is 1. The van der Waals surface area contributed by atoms with E-state index in [-0.39, 0.29) is 5.91 Å². The molecule has 1 aliphatic rings. The number of hydrogen-bond acceptors (Lipinski definition) is 3. The Bertz CT molecular complexity index is 708. The predicted octanol–water partition coefficient (Wildman–Crippen LogP) is 4.41. The molecule has 1 aliphatic heterocycles. The number of benzene rings is 2. The molecular weight excluding hydrogens is 364 g/mol. The molecule has 2 aromatic carbocycles. The zero-order valence-corrected chi connectivity index (χ0v) is 16.4. The second-order valence-electron chi connectivity index (χ2n) is 6.72. The van der Waals surface area contributed by atoms with Crippen molar-refractivity contribution in [3.63, 3.8) is 0 Å². The Morgan fingerprint density at radius 2 is 1.85 bits per heavy atom. The second kappa shape index (κ2) is 9.45. The van der Waals surface area contributed by atoms with Crippen LogP contribution in [0.4, 0.5) is 0 Å². The lowest BCUT2D eigenvalue weighted by molar-refractivity contribution is -0.130. The number of nitrogens with two attached hydrogens (primary N) is 1. The minimum absolute atomic E-state index is 0.249. The Hall–Kier alpha value is -1.49. The summed E-state index contributed by atoms with van der Waals surface area (Å²) in [4.78, 5) is 15.8. The third-order valence-corrected chi connectivity index (χ3v) is 6.29. The zero-order chi connectivity index (χ0) is 18.4. The fourth-order valence-electron chi connectivity index (χ4n) is 3.49. The molecule has 0 spiro atoms. The molecule has 0 aliphatic carbocycles. The summed E-state index contributed by atoms with van der Waals surface area (Å²) in [7, 11) is 0. The predicted molar refractivity (Wildman–Crippen MR) is 110 cm³/mol. The van der Waals surface area contributed by atoms with Gasteiger partial charge in [-0.2, -0.15) is 0 Å². The van der Waals surface area contributed by atoms with Gasteiger partial charge in [-0.05, 0) is 54.5 Å². The summed E-state index contributed by atoms with van der Waals surface area (Å²) in [6, 6.07) is 18.3. The number of hydrogen-bond donors (Lipinski definition) is 1. The average molecular weight is 389 g/mol. The van der Waals surface area contributed by atoms with Crippen molar-refractivity contribution < 1.29 is 4.79 Å². The number of carbonyl (C=O) groups is 1. The van der Waals surface area contributed by atoms with Crippen LogP contribution in [0.15, 0.2) is 59.5 Å². The molecule has 0 saturated carbocycles. The van der Waals surface area contributed by atoms with Crippen molar-refractivity contribution in [2.75, 3.05) is 25.4 Å². The molecule has 1 fully saturated rings. The summed E-state index contributed by atoms with van der Waals surface area (Å²) >= 11 is 7.67. The van der Waals surface area contributed by atoms with E-state index in [0.29, 0.717) is 24.8 Å². The van der Waals surface area contributed by atoms with Gasteiger partial charge in [0.15, 0.2) is 0 Å². The van der Waals surface area contributed by atoms with E-state index < -0.39 is 0 Å². The summed E-state index contributed by atoms with van der Waals surface area (Å²) in [5.41, 5.74) is 7.26. The fraction of sp³-hybridized carbons (Fsp3) is 0.381. The zero-order valence-electron chi connectivity index (χ0n) is 14.8. The normalized spacial score (nSPS) is 19.7. The maximum absolute atomic E-state index is 12.6. The van der Waals surface area contributed by atoms with Gasteiger partial charge in [-0.15, -0.1) is 11.8 Å². The van der Waals surface area contributed by atoms with Gasteiger partial charge < -0.3 is 10.6 Å². The Kier molecular flexibility index (Phi) is 7.00. The van der Waals surface area contributed by atoms with Crippen LogP contribution in [0, 0.1) is 5.92 Å². The van der Waals surface area contributed by atoms with E-state index in [1.165, 1.54) is 10.5 Å². The molecule has 3 nitrogen and oxygen atoms in total. The molecule has 0 radical (unpaired) electrons. The van der Waals surface area contributed by atoms with Crippen molar-refractivity contribution in [1.82, 2.24) is 4.90 Å². The molecule has 1 amide bonds. The lowest BCUT2D eigenvalue weighted by Crippen LogP contribution is -2.29. The smallest absolute Gasteiger partial charge is 0.222 e. The largest absolute Gasteiger partial charge is 0.342 e. The number of rotatable bonds is 7. The molecule has 0 unspecified atom stereocenters. The number of amides is 1. The quantitative estimate of drug-likeness (QED) is 0.564. The van der Waals surface area contributed by atoms with Crippen molar-refractivity contribution in [2.45, 2.75) is 23.7 Å². The van der Waals surface area contributed by atoms with Crippen LogP contribution in [0.2, 0.25) is 5.02 Å². The van der Waals surface area contributed by atoms with Crippen LogP contribution in [0.1, 0.15) is 24.3 Å². The molecule has 0 bridgehead atoms. The Balaban J connectivity index is 1.46. The highest BCUT2D eigenvalue weighted by Crippen LogP contribution is 2.32. The van der Waals surface area contributed by atoms with Crippen LogP contribution in [0.25, 0.3) is 0 Å². The molecule has 3 rings (SSSR count). The van der Waals surface area contributed by atoms with Crippen molar-refractivity contribution >= 4 is 29.3 Å². The van der Waals surface area contributed by atoms with Gasteiger partial charge in [0.05, 0.1) is 0 Å². The van der Waals surface area contributed by atoms with Gasteiger partial charge in [-0.3, -0.25) is 4.79 Å². The molecule has 0 aromatic heterocycles. The van der Waals surface area contributed by atoms with Gasteiger partial charge >= 0.3 is 0 Å². The highest BCUT2D eigenvalue weighted by molar-refractivity contribution is 7.99. The first-order valence-electron chi connectivity index (χ1n) is 9.08. The lowest BCUT2D eigenvalue weighted by Gasteiger charge is -2.17.